The second-order valence-corrected chi connectivity index (χ2v) is 6.34. The van der Waals surface area contributed by atoms with E-state index in [1.54, 1.807) is 27.7 Å². The van der Waals surface area contributed by atoms with Crippen molar-refractivity contribution in [3.05, 3.63) is 0 Å². The molecule has 1 rings (SSSR count). The maximum absolute atomic E-state index is 14.1. The Morgan fingerprint density at radius 3 is 2.52 bits per heavy atom. The molecular formula is C15H26FNO4. The number of amides is 1. The Labute approximate surface area is 125 Å². The summed E-state index contributed by atoms with van der Waals surface area (Å²) in [6.07, 6.45) is -0.129. The number of piperidine rings is 1. The van der Waals surface area contributed by atoms with Gasteiger partial charge in [-0.15, -0.1) is 0 Å². The molecule has 0 saturated carbocycles. The minimum atomic E-state index is -1.35. The van der Waals surface area contributed by atoms with Crippen LogP contribution in [0.2, 0.25) is 0 Å². The number of ether oxygens (including phenoxy) is 2. The van der Waals surface area contributed by atoms with Crippen molar-refractivity contribution in [1.29, 1.82) is 0 Å². The Balaban J connectivity index is 2.40. The van der Waals surface area contributed by atoms with E-state index < -0.39 is 18.0 Å². The molecule has 0 aliphatic carbocycles. The molecule has 2 atom stereocenters. The lowest BCUT2D eigenvalue weighted by Gasteiger charge is -2.35. The maximum atomic E-state index is 14.1. The Hall–Kier alpha value is -1.33. The third kappa shape index (κ3) is 6.31. The van der Waals surface area contributed by atoms with Gasteiger partial charge in [-0.25, -0.2) is 9.18 Å². The smallest absolute Gasteiger partial charge is 0.412 e. The average molecular weight is 303 g/mol. The fraction of sp³-hybridized carbons (Fsp3) is 0.867. The van der Waals surface area contributed by atoms with Crippen LogP contribution < -0.4 is 0 Å². The fourth-order valence-electron chi connectivity index (χ4n) is 2.33. The first-order chi connectivity index (χ1) is 9.73. The van der Waals surface area contributed by atoms with E-state index in [0.717, 1.165) is 4.90 Å². The summed E-state index contributed by atoms with van der Waals surface area (Å²) in [5, 5.41) is 0. The van der Waals surface area contributed by atoms with Crippen molar-refractivity contribution < 1.29 is 23.5 Å². The summed E-state index contributed by atoms with van der Waals surface area (Å²) >= 11 is 0. The van der Waals surface area contributed by atoms with Crippen LogP contribution in [-0.2, 0) is 14.3 Å². The molecule has 1 saturated heterocycles. The summed E-state index contributed by atoms with van der Waals surface area (Å²) in [6.45, 7) is 7.71. The molecule has 1 aliphatic heterocycles. The minimum absolute atomic E-state index is 0.100. The van der Waals surface area contributed by atoms with Gasteiger partial charge in [0.15, 0.2) is 6.30 Å². The van der Waals surface area contributed by atoms with E-state index in [-0.39, 0.29) is 18.3 Å². The minimum Gasteiger partial charge on any atom is -0.466 e. The average Bonchev–Trinajstić information content (AvgIpc) is 2.34. The number of esters is 1. The van der Waals surface area contributed by atoms with Crippen LogP contribution in [-0.4, -0.2) is 42.0 Å². The van der Waals surface area contributed by atoms with Gasteiger partial charge in [-0.1, -0.05) is 0 Å². The van der Waals surface area contributed by atoms with Crippen LogP contribution in [0.4, 0.5) is 9.18 Å². The lowest BCUT2D eigenvalue weighted by atomic mass is 9.91. The number of carbonyl (C=O) groups excluding carboxylic acids is 2. The first-order valence-electron chi connectivity index (χ1n) is 7.52. The SMILES string of the molecule is CCOC(=O)CCC1CCN(C(=O)OC(C)(C)C)C(F)C1. The molecule has 0 aromatic rings. The Bertz CT molecular complexity index is 367. The molecule has 1 heterocycles. The van der Waals surface area contributed by atoms with Crippen LogP contribution in [0.3, 0.4) is 0 Å². The second kappa shape index (κ2) is 7.61. The molecule has 1 fully saturated rings. The molecule has 21 heavy (non-hydrogen) atoms. The summed E-state index contributed by atoms with van der Waals surface area (Å²) in [5.41, 5.74) is -0.627. The monoisotopic (exact) mass is 303 g/mol. The molecule has 1 aliphatic rings. The quantitative estimate of drug-likeness (QED) is 0.591. The summed E-state index contributed by atoms with van der Waals surface area (Å²) in [6, 6.07) is 0. The van der Waals surface area contributed by atoms with E-state index in [1.807, 2.05) is 0 Å². The molecule has 0 spiro atoms. The first-order valence-corrected chi connectivity index (χ1v) is 7.52. The highest BCUT2D eigenvalue weighted by Crippen LogP contribution is 2.28. The summed E-state index contributed by atoms with van der Waals surface area (Å²) in [7, 11) is 0. The molecule has 122 valence electrons. The Morgan fingerprint density at radius 2 is 2.00 bits per heavy atom. The molecule has 2 unspecified atom stereocenters. The van der Waals surface area contributed by atoms with E-state index in [0.29, 0.717) is 32.4 Å². The molecule has 0 aromatic heterocycles. The molecule has 0 aromatic carbocycles. The first kappa shape index (κ1) is 17.7. The lowest BCUT2D eigenvalue weighted by Crippen LogP contribution is -2.46. The van der Waals surface area contributed by atoms with Gasteiger partial charge < -0.3 is 9.47 Å². The number of hydrogen-bond donors (Lipinski definition) is 0. The number of likely N-dealkylation sites (tertiary alicyclic amines) is 1. The van der Waals surface area contributed by atoms with Crippen molar-refractivity contribution in [3.8, 4) is 0 Å². The molecule has 0 bridgehead atoms. The molecule has 1 amide bonds. The highest BCUT2D eigenvalue weighted by Gasteiger charge is 2.34. The van der Waals surface area contributed by atoms with Gasteiger partial charge in [-0.05, 0) is 46.5 Å². The van der Waals surface area contributed by atoms with E-state index in [1.165, 1.54) is 0 Å². The highest BCUT2D eigenvalue weighted by atomic mass is 19.1. The second-order valence-electron chi connectivity index (χ2n) is 6.34. The summed E-state index contributed by atoms with van der Waals surface area (Å²) < 4.78 is 24.1. The number of hydrogen-bond acceptors (Lipinski definition) is 4. The number of rotatable bonds is 4. The van der Waals surface area contributed by atoms with Gasteiger partial charge >= 0.3 is 12.1 Å². The van der Waals surface area contributed by atoms with Gasteiger partial charge in [0, 0.05) is 19.4 Å². The zero-order chi connectivity index (χ0) is 16.0. The third-order valence-corrected chi connectivity index (χ3v) is 3.33. The number of nitrogens with zero attached hydrogens (tertiary/aromatic N) is 1. The predicted octanol–water partition coefficient (Wildman–Crippen LogP) is 3.27. The zero-order valence-electron chi connectivity index (χ0n) is 13.4. The van der Waals surface area contributed by atoms with Gasteiger partial charge in [0.05, 0.1) is 6.61 Å². The van der Waals surface area contributed by atoms with Gasteiger partial charge in [0.25, 0.3) is 0 Å². The molecule has 0 N–H and O–H groups in total. The Kier molecular flexibility index (Phi) is 6.42. The molecule has 6 heteroatoms. The van der Waals surface area contributed by atoms with Crippen LogP contribution in [0, 0.1) is 5.92 Å². The van der Waals surface area contributed by atoms with Gasteiger partial charge in [-0.2, -0.15) is 0 Å². The van der Waals surface area contributed by atoms with Gasteiger partial charge in [-0.3, -0.25) is 9.69 Å². The topological polar surface area (TPSA) is 55.8 Å². The van der Waals surface area contributed by atoms with Crippen molar-refractivity contribution in [1.82, 2.24) is 4.90 Å². The number of alkyl halides is 1. The van der Waals surface area contributed by atoms with Crippen molar-refractivity contribution >= 4 is 12.1 Å². The fourth-order valence-corrected chi connectivity index (χ4v) is 2.33. The van der Waals surface area contributed by atoms with E-state index in [2.05, 4.69) is 0 Å². The lowest BCUT2D eigenvalue weighted by molar-refractivity contribution is -0.143. The van der Waals surface area contributed by atoms with E-state index >= 15 is 0 Å². The van der Waals surface area contributed by atoms with Crippen molar-refractivity contribution in [3.63, 3.8) is 0 Å². The third-order valence-electron chi connectivity index (χ3n) is 3.33. The zero-order valence-corrected chi connectivity index (χ0v) is 13.4. The molecule has 0 radical (unpaired) electrons. The molecule has 5 nitrogen and oxygen atoms in total. The summed E-state index contributed by atoms with van der Waals surface area (Å²) in [5.74, 6) is -0.148. The van der Waals surface area contributed by atoms with Crippen molar-refractivity contribution in [2.75, 3.05) is 13.2 Å². The van der Waals surface area contributed by atoms with Gasteiger partial charge in [0.2, 0.25) is 0 Å². The molecular weight excluding hydrogens is 277 g/mol. The van der Waals surface area contributed by atoms with Crippen LogP contribution in [0.1, 0.15) is 53.4 Å². The van der Waals surface area contributed by atoms with Crippen LogP contribution >= 0.6 is 0 Å². The maximum Gasteiger partial charge on any atom is 0.412 e. The summed E-state index contributed by atoms with van der Waals surface area (Å²) in [4.78, 5) is 24.3. The van der Waals surface area contributed by atoms with E-state index in [4.69, 9.17) is 9.47 Å². The largest absolute Gasteiger partial charge is 0.466 e. The van der Waals surface area contributed by atoms with E-state index in [9.17, 15) is 14.0 Å². The standard InChI is InChI=1S/C15H26FNO4/c1-5-20-13(18)7-6-11-8-9-17(12(16)10-11)14(19)21-15(2,3)4/h11-12H,5-10H2,1-4H3. The van der Waals surface area contributed by atoms with Crippen LogP contribution in [0.5, 0.6) is 0 Å². The highest BCUT2D eigenvalue weighted by molar-refractivity contribution is 5.69. The number of halogens is 1. The van der Waals surface area contributed by atoms with Crippen molar-refractivity contribution in [2.24, 2.45) is 5.92 Å². The van der Waals surface area contributed by atoms with Crippen molar-refractivity contribution in [2.45, 2.75) is 65.3 Å². The van der Waals surface area contributed by atoms with Gasteiger partial charge in [0.1, 0.15) is 5.60 Å². The number of carbonyl (C=O) groups is 2. The predicted molar refractivity (Wildman–Crippen MR) is 76.4 cm³/mol. The van der Waals surface area contributed by atoms with Crippen LogP contribution in [0.15, 0.2) is 0 Å². The normalized spacial score (nSPS) is 22.8. The van der Waals surface area contributed by atoms with Crippen LogP contribution in [0.25, 0.3) is 0 Å². The Morgan fingerprint density at radius 1 is 1.33 bits per heavy atom.